The summed E-state index contributed by atoms with van der Waals surface area (Å²) in [7, 11) is -3.51. The summed E-state index contributed by atoms with van der Waals surface area (Å²) in [6.45, 7) is 3.66. The maximum Gasteiger partial charge on any atom is 0.258 e. The van der Waals surface area contributed by atoms with Gasteiger partial charge in [0.15, 0.2) is 6.61 Å². The largest absolute Gasteiger partial charge is 0.484 e. The topological polar surface area (TPSA) is 101 Å². The van der Waals surface area contributed by atoms with Crippen molar-refractivity contribution in [2.75, 3.05) is 38.1 Å². The number of halogens is 1. The van der Waals surface area contributed by atoms with Gasteiger partial charge in [-0.1, -0.05) is 18.0 Å². The molecule has 0 saturated carbocycles. The molecule has 1 amide bonds. The van der Waals surface area contributed by atoms with Crippen molar-refractivity contribution < 1.29 is 17.9 Å². The van der Waals surface area contributed by atoms with E-state index in [0.29, 0.717) is 42.5 Å². The number of carbonyl (C=O) groups excluding carboxylic acids is 1. The Morgan fingerprint density at radius 2 is 1.89 bits per heavy atom. The summed E-state index contributed by atoms with van der Waals surface area (Å²) in [6.07, 6.45) is 4.54. The van der Waals surface area contributed by atoms with Gasteiger partial charge in [0.25, 0.3) is 5.91 Å². The quantitative estimate of drug-likeness (QED) is 0.417. The minimum absolute atomic E-state index is 0.157. The van der Waals surface area contributed by atoms with Gasteiger partial charge in [-0.3, -0.25) is 9.78 Å². The number of nitrogens with one attached hydrogen (secondary N) is 2. The molecule has 2 aromatic carbocycles. The van der Waals surface area contributed by atoms with Crippen molar-refractivity contribution in [1.82, 2.24) is 14.6 Å². The Morgan fingerprint density at radius 3 is 2.66 bits per heavy atom. The molecule has 8 nitrogen and oxygen atoms in total. The highest BCUT2D eigenvalue weighted by molar-refractivity contribution is 7.89. The van der Waals surface area contributed by atoms with E-state index in [1.54, 1.807) is 37.4 Å². The second kappa shape index (κ2) is 11.2. The van der Waals surface area contributed by atoms with E-state index < -0.39 is 10.0 Å². The molecule has 0 bridgehead atoms. The van der Waals surface area contributed by atoms with Gasteiger partial charge in [0, 0.05) is 48.5 Å². The number of hydrogen-bond acceptors (Lipinski definition) is 6. The standard InChI is InChI=1S/C25H29ClN4O4S/c1-18-15-20(35(32,33)30-13-3-2-4-14-30)6-8-24(18)34-17-25(31)29-12-11-28-22-9-10-27-23-16-19(26)5-7-21(22)23/h5-10,15-16H,2-4,11-14,17H2,1H3,(H,27,28)(H,29,31). The van der Waals surface area contributed by atoms with Crippen LogP contribution < -0.4 is 15.4 Å². The van der Waals surface area contributed by atoms with E-state index in [4.69, 9.17) is 16.3 Å². The van der Waals surface area contributed by atoms with Crippen LogP contribution in [0.3, 0.4) is 0 Å². The van der Waals surface area contributed by atoms with E-state index in [9.17, 15) is 13.2 Å². The average Bonchev–Trinajstić information content (AvgIpc) is 2.86. The maximum absolute atomic E-state index is 12.9. The number of benzene rings is 2. The monoisotopic (exact) mass is 516 g/mol. The van der Waals surface area contributed by atoms with Gasteiger partial charge in [-0.05, 0) is 67.8 Å². The van der Waals surface area contributed by atoms with Crippen LogP contribution in [0.4, 0.5) is 5.69 Å². The van der Waals surface area contributed by atoms with Gasteiger partial charge >= 0.3 is 0 Å². The molecule has 0 atom stereocenters. The number of anilines is 1. The van der Waals surface area contributed by atoms with Gasteiger partial charge in [-0.25, -0.2) is 8.42 Å². The molecule has 1 aliphatic rings. The van der Waals surface area contributed by atoms with Crippen molar-refractivity contribution in [2.24, 2.45) is 0 Å². The zero-order chi connectivity index (χ0) is 24.8. The zero-order valence-corrected chi connectivity index (χ0v) is 21.2. The highest BCUT2D eigenvalue weighted by Crippen LogP contribution is 2.26. The summed E-state index contributed by atoms with van der Waals surface area (Å²) >= 11 is 6.03. The van der Waals surface area contributed by atoms with Crippen molar-refractivity contribution in [2.45, 2.75) is 31.1 Å². The number of nitrogens with zero attached hydrogens (tertiary/aromatic N) is 2. The van der Waals surface area contributed by atoms with Crippen molar-refractivity contribution in [3.8, 4) is 5.75 Å². The Labute approximate surface area is 210 Å². The van der Waals surface area contributed by atoms with Crippen LogP contribution in [0.2, 0.25) is 5.02 Å². The predicted molar refractivity (Wildman–Crippen MR) is 138 cm³/mol. The van der Waals surface area contributed by atoms with Crippen molar-refractivity contribution >= 4 is 44.1 Å². The maximum atomic E-state index is 12.9. The molecule has 186 valence electrons. The fourth-order valence-corrected chi connectivity index (χ4v) is 5.84. The molecule has 10 heteroatoms. The lowest BCUT2D eigenvalue weighted by molar-refractivity contribution is -0.123. The third kappa shape index (κ3) is 6.22. The highest BCUT2D eigenvalue weighted by atomic mass is 35.5. The molecule has 4 rings (SSSR count). The Morgan fingerprint density at radius 1 is 1.09 bits per heavy atom. The number of aromatic nitrogens is 1. The third-order valence-corrected chi connectivity index (χ3v) is 8.06. The molecular weight excluding hydrogens is 488 g/mol. The SMILES string of the molecule is Cc1cc(S(=O)(=O)N2CCCCC2)ccc1OCC(=O)NCCNc1ccnc2cc(Cl)ccc12. The summed E-state index contributed by atoms with van der Waals surface area (Å²) in [6, 6.07) is 12.2. The molecule has 0 unspecified atom stereocenters. The highest BCUT2D eigenvalue weighted by Gasteiger charge is 2.26. The summed E-state index contributed by atoms with van der Waals surface area (Å²) in [5.74, 6) is 0.223. The first kappa shape index (κ1) is 25.2. The molecular formula is C25H29ClN4O4S. The summed E-state index contributed by atoms with van der Waals surface area (Å²) in [5.41, 5.74) is 2.37. The minimum Gasteiger partial charge on any atom is -0.484 e. The molecule has 2 N–H and O–H groups in total. The number of aryl methyl sites for hydroxylation is 1. The Balaban J connectivity index is 1.25. The molecule has 0 aliphatic carbocycles. The number of ether oxygens (including phenoxy) is 1. The van der Waals surface area contributed by atoms with Crippen LogP contribution in [0.25, 0.3) is 10.9 Å². The van der Waals surface area contributed by atoms with Crippen LogP contribution in [-0.4, -0.2) is 56.4 Å². The van der Waals surface area contributed by atoms with E-state index in [1.807, 2.05) is 18.2 Å². The van der Waals surface area contributed by atoms with Crippen LogP contribution in [0.1, 0.15) is 24.8 Å². The van der Waals surface area contributed by atoms with Gasteiger partial charge in [0.2, 0.25) is 10.0 Å². The molecule has 3 aromatic rings. The van der Waals surface area contributed by atoms with Gasteiger partial charge in [0.1, 0.15) is 5.75 Å². The molecule has 0 spiro atoms. The predicted octanol–water partition coefficient (Wildman–Crippen LogP) is 3.98. The number of rotatable bonds is 9. The summed E-state index contributed by atoms with van der Waals surface area (Å²) < 4.78 is 32.9. The molecule has 1 aromatic heterocycles. The normalized spacial score (nSPS) is 14.6. The molecule has 0 radical (unpaired) electrons. The number of fused-ring (bicyclic) bond motifs is 1. The number of pyridine rings is 1. The summed E-state index contributed by atoms with van der Waals surface area (Å²) in [5, 5.41) is 7.69. The Kier molecular flexibility index (Phi) is 8.10. The second-order valence-corrected chi connectivity index (χ2v) is 10.9. The van der Waals surface area contributed by atoms with Gasteiger partial charge < -0.3 is 15.4 Å². The molecule has 1 saturated heterocycles. The summed E-state index contributed by atoms with van der Waals surface area (Å²) in [4.78, 5) is 16.8. The lowest BCUT2D eigenvalue weighted by Crippen LogP contribution is -2.35. The zero-order valence-electron chi connectivity index (χ0n) is 19.6. The number of piperidine rings is 1. The fourth-order valence-electron chi connectivity index (χ4n) is 4.07. The van der Waals surface area contributed by atoms with E-state index in [1.165, 1.54) is 4.31 Å². The van der Waals surface area contributed by atoms with E-state index >= 15 is 0 Å². The van der Waals surface area contributed by atoms with Gasteiger partial charge in [-0.15, -0.1) is 0 Å². The van der Waals surface area contributed by atoms with Crippen LogP contribution in [-0.2, 0) is 14.8 Å². The number of hydrogen-bond donors (Lipinski definition) is 2. The van der Waals surface area contributed by atoms with Crippen LogP contribution in [0.5, 0.6) is 5.75 Å². The van der Waals surface area contributed by atoms with Gasteiger partial charge in [0.05, 0.1) is 10.4 Å². The molecule has 2 heterocycles. The van der Waals surface area contributed by atoms with Crippen LogP contribution >= 0.6 is 11.6 Å². The lowest BCUT2D eigenvalue weighted by Gasteiger charge is -2.26. The first-order valence-electron chi connectivity index (χ1n) is 11.6. The Hall–Kier alpha value is -2.88. The van der Waals surface area contributed by atoms with E-state index in [0.717, 1.165) is 35.9 Å². The molecule has 1 fully saturated rings. The minimum atomic E-state index is -3.51. The number of carbonyl (C=O) groups is 1. The smallest absolute Gasteiger partial charge is 0.258 e. The van der Waals surface area contributed by atoms with Crippen LogP contribution in [0.15, 0.2) is 53.6 Å². The van der Waals surface area contributed by atoms with E-state index in [2.05, 4.69) is 15.6 Å². The number of sulfonamides is 1. The lowest BCUT2D eigenvalue weighted by atomic mass is 10.2. The van der Waals surface area contributed by atoms with Crippen molar-refractivity contribution in [1.29, 1.82) is 0 Å². The average molecular weight is 517 g/mol. The Bertz CT molecular complexity index is 1310. The number of amides is 1. The van der Waals surface area contributed by atoms with E-state index in [-0.39, 0.29) is 17.4 Å². The van der Waals surface area contributed by atoms with Crippen molar-refractivity contribution in [3.05, 3.63) is 59.2 Å². The first-order valence-corrected chi connectivity index (χ1v) is 13.4. The van der Waals surface area contributed by atoms with Crippen molar-refractivity contribution in [3.63, 3.8) is 0 Å². The van der Waals surface area contributed by atoms with Crippen LogP contribution in [0, 0.1) is 6.92 Å². The van der Waals surface area contributed by atoms with Gasteiger partial charge in [-0.2, -0.15) is 4.31 Å². The molecule has 1 aliphatic heterocycles. The fraction of sp³-hybridized carbons (Fsp3) is 0.360. The first-order chi connectivity index (χ1) is 16.8. The second-order valence-electron chi connectivity index (χ2n) is 8.48. The molecule has 35 heavy (non-hydrogen) atoms. The third-order valence-electron chi connectivity index (χ3n) is 5.93.